The molecule has 0 spiro atoms. The summed E-state index contributed by atoms with van der Waals surface area (Å²) < 4.78 is 0. The number of aliphatic carboxylic acids is 1. The maximum Gasteiger partial charge on any atom is 0.327 e. The van der Waals surface area contributed by atoms with Gasteiger partial charge in [-0.15, -0.1) is 0 Å². The van der Waals surface area contributed by atoms with Crippen molar-refractivity contribution in [3.63, 3.8) is 0 Å². The summed E-state index contributed by atoms with van der Waals surface area (Å²) in [5, 5.41) is 107. The number of benzene rings is 4. The van der Waals surface area contributed by atoms with Gasteiger partial charge in [0.05, 0.1) is 6.04 Å². The van der Waals surface area contributed by atoms with Crippen molar-refractivity contribution in [2.75, 3.05) is 63.9 Å². The Hall–Kier alpha value is -13.2. The molecule has 0 aliphatic carbocycles. The van der Waals surface area contributed by atoms with Crippen molar-refractivity contribution in [3.8, 4) is 11.5 Å². The molecule has 0 unspecified atom stereocenters. The van der Waals surface area contributed by atoms with Gasteiger partial charge in [-0.25, -0.2) is 9.59 Å². The fraction of sp³-hybridized carbons (Fsp3) is 0.524. The highest BCUT2D eigenvalue weighted by atomic mass is 33.1. The number of hydrogen-bond donors (Lipinski definition) is 31. The van der Waals surface area contributed by atoms with Gasteiger partial charge in [0.25, 0.3) is 0 Å². The van der Waals surface area contributed by atoms with E-state index < -0.39 is 197 Å². The maximum atomic E-state index is 15.7. The van der Waals surface area contributed by atoms with Crippen LogP contribution in [0.15, 0.2) is 91.0 Å². The number of hydrogen-bond acceptors (Lipinski definition) is 25. The first kappa shape index (κ1) is 108. The smallest absolute Gasteiger partial charge is 0.327 e. The lowest BCUT2D eigenvalue weighted by Crippen LogP contribution is -2.61. The molecule has 48 heteroatoms. The summed E-state index contributed by atoms with van der Waals surface area (Å²) in [6.45, 7) is 0.235. The van der Waals surface area contributed by atoms with Crippen LogP contribution < -0.4 is 131 Å². The Morgan fingerprint density at radius 1 is 0.439 bits per heavy atom. The summed E-state index contributed by atoms with van der Waals surface area (Å²) in [6, 6.07) is 2.09. The van der Waals surface area contributed by atoms with Crippen molar-refractivity contribution >= 4 is 139 Å². The fourth-order valence-electron chi connectivity index (χ4n) is 14.4. The number of nitrogens with zero attached hydrogens (tertiary/aromatic N) is 1. The minimum atomic E-state index is -1.86. The van der Waals surface area contributed by atoms with Gasteiger partial charge in [-0.3, -0.25) is 79.2 Å². The van der Waals surface area contributed by atoms with Gasteiger partial charge in [-0.1, -0.05) is 88.3 Å². The number of carbonyl (C=O) groups is 14. The van der Waals surface area contributed by atoms with Crippen molar-refractivity contribution in [2.24, 2.45) is 45.9 Å². The molecule has 4 aromatic rings. The molecule has 2 fully saturated rings. The molecule has 0 bridgehead atoms. The molecular formula is C84H129N29O17S2. The van der Waals surface area contributed by atoms with Crippen LogP contribution in [0.5, 0.6) is 11.5 Å². The molecule has 13 atom stereocenters. The highest BCUT2D eigenvalue weighted by Gasteiger charge is 2.42. The normalized spacial score (nSPS) is 20.8. The molecule has 4 aromatic carbocycles. The fourth-order valence-corrected chi connectivity index (χ4v) is 16.7. The van der Waals surface area contributed by atoms with Crippen LogP contribution in [0.1, 0.15) is 132 Å². The largest absolute Gasteiger partial charge is 0.508 e. The summed E-state index contributed by atoms with van der Waals surface area (Å²) in [7, 11) is 1.51. The summed E-state index contributed by atoms with van der Waals surface area (Å²) in [5.41, 5.74) is 47.1. The number of rotatable bonds is 41. The average molecular weight is 1880 g/mol. The topological polar surface area (TPSA) is 799 Å². The van der Waals surface area contributed by atoms with Crippen LogP contribution in [-0.4, -0.2) is 269 Å². The summed E-state index contributed by atoms with van der Waals surface area (Å²) >= 11 is 0. The van der Waals surface area contributed by atoms with Gasteiger partial charge < -0.3 is 151 Å². The zero-order valence-corrected chi connectivity index (χ0v) is 75.2. The Bertz CT molecular complexity index is 4580. The molecule has 14 amide bonds. The maximum absolute atomic E-state index is 15.7. The van der Waals surface area contributed by atoms with Crippen LogP contribution in [0, 0.1) is 21.6 Å². The second kappa shape index (κ2) is 57.1. The number of unbranched alkanes of at least 4 members (excludes halogenated alkanes) is 2. The van der Waals surface area contributed by atoms with E-state index in [0.717, 1.165) is 27.0 Å². The molecule has 2 saturated heterocycles. The van der Waals surface area contributed by atoms with Crippen molar-refractivity contribution in [1.82, 2.24) is 90.0 Å². The summed E-state index contributed by atoms with van der Waals surface area (Å²) in [4.78, 5) is 208. The third-order valence-electron chi connectivity index (χ3n) is 21.5. The van der Waals surface area contributed by atoms with E-state index in [4.69, 9.17) is 67.5 Å². The van der Waals surface area contributed by atoms with E-state index >= 15 is 43.2 Å². The van der Waals surface area contributed by atoms with Crippen molar-refractivity contribution in [2.45, 2.75) is 213 Å². The Kier molecular flexibility index (Phi) is 46.5. The second-order valence-corrected chi connectivity index (χ2v) is 34.5. The molecule has 132 heavy (non-hydrogen) atoms. The van der Waals surface area contributed by atoms with Crippen molar-refractivity contribution < 1.29 is 82.4 Å². The molecule has 39 N–H and O–H groups in total. The summed E-state index contributed by atoms with van der Waals surface area (Å²) in [6.07, 6.45) is -0.382. The molecule has 0 saturated carbocycles. The van der Waals surface area contributed by atoms with E-state index in [1.165, 1.54) is 53.4 Å². The van der Waals surface area contributed by atoms with E-state index in [1.807, 2.05) is 6.07 Å². The molecular weight excluding hydrogens is 1750 g/mol. The van der Waals surface area contributed by atoms with E-state index in [1.54, 1.807) is 36.4 Å². The number of urea groups is 1. The number of phenolic OH excluding ortho intramolecular Hbond substituents is 2. The van der Waals surface area contributed by atoms with Crippen LogP contribution in [0.25, 0.3) is 10.8 Å². The average Bonchev–Trinajstić information content (AvgIpc) is 1.64. The predicted molar refractivity (Wildman–Crippen MR) is 497 cm³/mol. The SMILES string of the molecule is N=C(N)NCCC[C@@H]1NC(=O)[C@H](Cc2ccc(O)cc2)NC(=O)[C@@H](NC(=O)[C@H](Cc2ccc3ccccc3c2)NC(=O)[C@H](CCCNC(=N)N)NC(=O)[C@@H](N)CCCNC(=N)N)CSSC[C@@H](C(=O)O)NC(=O)[C@H](CCCNC(N)=O)NC(=O)[C@H](CCCNC(=N)N)NC(=O)[C@H](Cc2ccc(O)cc2)NC(=O)[C@@H]2CCCN2C(=O)[C@@H](CCCCN)NC(=O)[C@H](CCCCN)NC1=O. The van der Waals surface area contributed by atoms with Crippen LogP contribution in [0.3, 0.4) is 0 Å². The molecule has 2 aliphatic rings. The first-order chi connectivity index (χ1) is 63.0. The molecule has 724 valence electrons. The lowest BCUT2D eigenvalue weighted by molar-refractivity contribution is -0.143. The first-order valence-corrected chi connectivity index (χ1v) is 46.2. The molecule has 2 aliphatic heterocycles. The Balaban J connectivity index is 1.53. The van der Waals surface area contributed by atoms with E-state index in [9.17, 15) is 39.3 Å². The second-order valence-electron chi connectivity index (χ2n) is 31.9. The van der Waals surface area contributed by atoms with Gasteiger partial charge in [0.1, 0.15) is 84.0 Å². The van der Waals surface area contributed by atoms with Gasteiger partial charge in [0.15, 0.2) is 23.8 Å². The number of aromatic hydroxyl groups is 2. The van der Waals surface area contributed by atoms with Crippen LogP contribution in [0.4, 0.5) is 4.79 Å². The van der Waals surface area contributed by atoms with Gasteiger partial charge in [0, 0.05) is 70.0 Å². The standard InChI is InChI=1S/C84H129N29O17S2/c85-33-5-3-16-55-70(119)107-60(17-4-6-34-86)78(127)113-40-12-22-66(113)77(126)110-62(43-48-26-31-53(115)32-27-48)74(123)106-58(20-10-38-100-83(94)95)69(118)104-59(21-11-39-101-84(96)130)72(121)112-65(79(128)129)46-132-131-45-64(76(125)109-61(42-47-24-29-52(114)30-25-47)73(122)105-57(68(117)103-55)19-9-37-99-82(92)93)111-75(124)63(44-49-23-28-50-13-1-2-14-51(50)41-49)108-71(120)56(18-8-36-98-81(90)91)102-67(116)54(87)15-7-35-97-80(88)89/h1-2,13-14,23-32,41,54-66,114-115H,3-12,15-22,33-40,42-46,85-87H2,(H,102,116)(H,103,117)(H,104,118)(H,105,122)(H,106,123)(H,107,119)(H,108,120)(H,109,125)(H,110,126)(H,111,124)(H,112,121)(H,128,129)(H4,88,89,97)(H4,90,91,98)(H4,92,93,99)(H4,94,95,100)(H3,96,101,130)/t54-,55-,56-,57-,58-,59-,60+,61-,62-,63-,64-,65-,66-/m0/s1. The minimum absolute atomic E-state index is 0.00152. The molecule has 0 aromatic heterocycles. The van der Waals surface area contributed by atoms with Crippen LogP contribution in [0.2, 0.25) is 0 Å². The zero-order chi connectivity index (χ0) is 96.8. The third kappa shape index (κ3) is 38.8. The zero-order valence-electron chi connectivity index (χ0n) is 73.5. The highest BCUT2D eigenvalue weighted by molar-refractivity contribution is 8.76. The number of primary amides is 1. The quantitative estimate of drug-likeness (QED) is 0.00858. The highest BCUT2D eigenvalue weighted by Crippen LogP contribution is 2.26. The number of nitrogens with two attached hydrogens (primary N) is 8. The van der Waals surface area contributed by atoms with Gasteiger partial charge in [0.2, 0.25) is 70.9 Å². The minimum Gasteiger partial charge on any atom is -0.508 e. The number of amides is 14. The number of nitrogens with one attached hydrogen (secondary N) is 20. The Morgan fingerprint density at radius 3 is 1.33 bits per heavy atom. The van der Waals surface area contributed by atoms with E-state index in [0.29, 0.717) is 34.9 Å². The van der Waals surface area contributed by atoms with Crippen molar-refractivity contribution in [3.05, 3.63) is 108 Å². The number of carboxylic acids is 1. The molecule has 46 nitrogen and oxygen atoms in total. The number of phenols is 2. The lowest BCUT2D eigenvalue weighted by Gasteiger charge is -2.31. The van der Waals surface area contributed by atoms with E-state index in [-0.39, 0.29) is 185 Å². The molecule has 2 heterocycles. The lowest BCUT2D eigenvalue weighted by atomic mass is 10.00. The third-order valence-corrected chi connectivity index (χ3v) is 23.9. The molecule has 0 radical (unpaired) electrons. The first-order valence-electron chi connectivity index (χ1n) is 43.7. The van der Waals surface area contributed by atoms with E-state index in [2.05, 4.69) is 85.1 Å². The monoisotopic (exact) mass is 1880 g/mol. The number of carbonyl (C=O) groups excluding carboxylic acids is 13. The number of fused-ring (bicyclic) bond motifs is 2. The number of carboxylic acid groups (broad SMARTS) is 1. The Morgan fingerprint density at radius 2 is 0.848 bits per heavy atom. The Labute approximate surface area is 771 Å². The van der Waals surface area contributed by atoms with Crippen molar-refractivity contribution in [1.29, 1.82) is 21.6 Å². The van der Waals surface area contributed by atoms with Gasteiger partial charge in [-0.05, 0) is 180 Å². The van der Waals surface area contributed by atoms with Crippen LogP contribution in [-0.2, 0) is 81.6 Å². The predicted octanol–water partition coefficient (Wildman–Crippen LogP) is -4.83. The number of guanidine groups is 4. The van der Waals surface area contributed by atoms with Gasteiger partial charge in [-0.2, -0.15) is 0 Å². The molecule has 6 rings (SSSR count). The summed E-state index contributed by atoms with van der Waals surface area (Å²) in [5.74, 6) is -16.2. The van der Waals surface area contributed by atoms with Gasteiger partial charge >= 0.3 is 12.0 Å². The van der Waals surface area contributed by atoms with Crippen LogP contribution >= 0.6 is 21.6 Å².